The van der Waals surface area contributed by atoms with Gasteiger partial charge in [-0.05, 0) is 46.3 Å². The Morgan fingerprint density at radius 3 is 2.74 bits per heavy atom. The van der Waals surface area contributed by atoms with Gasteiger partial charge in [-0.25, -0.2) is 4.39 Å². The first-order chi connectivity index (χ1) is 9.08. The molecule has 0 saturated carbocycles. The monoisotopic (exact) mass is 356 g/mol. The highest BCUT2D eigenvalue weighted by Gasteiger charge is 2.12. The quantitative estimate of drug-likeness (QED) is 0.590. The van der Waals surface area contributed by atoms with Crippen molar-refractivity contribution < 1.29 is 4.39 Å². The van der Waals surface area contributed by atoms with Crippen molar-refractivity contribution in [1.82, 2.24) is 9.55 Å². The predicted octanol–water partition coefficient (Wildman–Crippen LogP) is 5.24. The Kier molecular flexibility index (Phi) is 3.20. The van der Waals surface area contributed by atoms with Crippen LogP contribution in [0.5, 0.6) is 0 Å². The summed E-state index contributed by atoms with van der Waals surface area (Å²) in [5.74, 6) is -0.469. The molecule has 0 unspecified atom stereocenters. The third-order valence-electron chi connectivity index (χ3n) is 2.82. The molecule has 3 aromatic rings. The Labute approximate surface area is 127 Å². The number of rotatable bonds is 1. The average molecular weight is 358 g/mol. The Morgan fingerprint density at radius 2 is 2.00 bits per heavy atom. The molecule has 2 aromatic carbocycles. The van der Waals surface area contributed by atoms with E-state index in [2.05, 4.69) is 20.9 Å². The van der Waals surface area contributed by atoms with Crippen LogP contribution < -0.4 is 0 Å². The number of imidazole rings is 1. The maximum Gasteiger partial charge on any atom is 0.182 e. The second kappa shape index (κ2) is 4.74. The molecule has 96 valence electrons. The minimum Gasteiger partial charge on any atom is -0.330 e. The number of para-hydroxylation sites is 1. The van der Waals surface area contributed by atoms with Gasteiger partial charge in [0.05, 0.1) is 21.7 Å². The van der Waals surface area contributed by atoms with Crippen LogP contribution in [-0.4, -0.2) is 9.55 Å². The van der Waals surface area contributed by atoms with Gasteiger partial charge < -0.3 is 4.98 Å². The summed E-state index contributed by atoms with van der Waals surface area (Å²) in [6.07, 6.45) is 0. The Bertz CT molecular complexity index is 840. The lowest BCUT2D eigenvalue weighted by atomic mass is 10.2. The van der Waals surface area contributed by atoms with E-state index < -0.39 is 5.82 Å². The number of fused-ring (bicyclic) bond motifs is 1. The third kappa shape index (κ3) is 2.12. The smallest absolute Gasteiger partial charge is 0.182 e. The predicted molar refractivity (Wildman–Crippen MR) is 81.1 cm³/mol. The lowest BCUT2D eigenvalue weighted by Crippen LogP contribution is -1.95. The van der Waals surface area contributed by atoms with E-state index in [-0.39, 0.29) is 5.02 Å². The van der Waals surface area contributed by atoms with Gasteiger partial charge >= 0.3 is 0 Å². The van der Waals surface area contributed by atoms with Gasteiger partial charge in [0.1, 0.15) is 5.82 Å². The summed E-state index contributed by atoms with van der Waals surface area (Å²) in [7, 11) is 0. The molecular weight excluding hydrogens is 351 g/mol. The van der Waals surface area contributed by atoms with Gasteiger partial charge in [-0.2, -0.15) is 0 Å². The highest BCUT2D eigenvalue weighted by molar-refractivity contribution is 9.10. The molecule has 0 amide bonds. The second-order valence-electron chi connectivity index (χ2n) is 4.00. The summed E-state index contributed by atoms with van der Waals surface area (Å²) in [4.78, 5) is 3.03. The lowest BCUT2D eigenvalue weighted by Gasteiger charge is -2.07. The summed E-state index contributed by atoms with van der Waals surface area (Å²) in [6, 6.07) is 10.5. The molecule has 0 aliphatic heterocycles. The molecule has 1 N–H and O–H groups in total. The average Bonchev–Trinajstić information content (AvgIpc) is 2.66. The molecule has 0 aliphatic rings. The number of nitrogens with zero attached hydrogens (tertiary/aromatic N) is 1. The molecule has 6 heteroatoms. The number of halogens is 3. The SMILES string of the molecule is Fc1cc2c(cc1Cl)[nH]c(=S)n2-c1ccccc1Br. The molecule has 0 fully saturated rings. The van der Waals surface area contributed by atoms with E-state index in [0.29, 0.717) is 15.8 Å². The molecule has 3 rings (SSSR count). The first-order valence-corrected chi connectivity index (χ1v) is 7.00. The molecule has 19 heavy (non-hydrogen) atoms. The first kappa shape index (κ1) is 12.8. The minimum atomic E-state index is -0.469. The van der Waals surface area contributed by atoms with E-state index in [1.54, 1.807) is 4.57 Å². The topological polar surface area (TPSA) is 20.7 Å². The van der Waals surface area contributed by atoms with Gasteiger partial charge in [0, 0.05) is 10.5 Å². The first-order valence-electron chi connectivity index (χ1n) is 5.42. The van der Waals surface area contributed by atoms with Crippen LogP contribution in [0.25, 0.3) is 16.7 Å². The van der Waals surface area contributed by atoms with Crippen molar-refractivity contribution >= 4 is 50.8 Å². The van der Waals surface area contributed by atoms with Crippen LogP contribution in [-0.2, 0) is 0 Å². The van der Waals surface area contributed by atoms with Crippen molar-refractivity contribution in [2.24, 2.45) is 0 Å². The van der Waals surface area contributed by atoms with E-state index in [4.69, 9.17) is 23.8 Å². The molecule has 0 radical (unpaired) electrons. The molecule has 0 saturated heterocycles. The Balaban J connectivity index is 2.42. The highest BCUT2D eigenvalue weighted by atomic mass is 79.9. The van der Waals surface area contributed by atoms with Gasteiger partial charge in [-0.1, -0.05) is 23.7 Å². The number of H-pyrrole nitrogens is 1. The van der Waals surface area contributed by atoms with E-state index in [1.807, 2.05) is 24.3 Å². The van der Waals surface area contributed by atoms with Gasteiger partial charge in [-0.3, -0.25) is 4.57 Å². The maximum atomic E-state index is 13.6. The molecule has 2 nitrogen and oxygen atoms in total. The van der Waals surface area contributed by atoms with Crippen molar-refractivity contribution in [3.05, 3.63) is 56.5 Å². The Hall–Kier alpha value is -1.17. The van der Waals surface area contributed by atoms with Crippen LogP contribution in [0.2, 0.25) is 5.02 Å². The summed E-state index contributed by atoms with van der Waals surface area (Å²) < 4.78 is 16.8. The molecule has 0 atom stereocenters. The number of hydrogen-bond acceptors (Lipinski definition) is 1. The number of aromatic nitrogens is 2. The molecule has 0 aliphatic carbocycles. The molecule has 0 bridgehead atoms. The zero-order chi connectivity index (χ0) is 13.6. The number of aromatic amines is 1. The summed E-state index contributed by atoms with van der Waals surface area (Å²) >= 11 is 14.6. The number of nitrogens with one attached hydrogen (secondary N) is 1. The fourth-order valence-corrected chi connectivity index (χ4v) is 2.91. The summed E-state index contributed by atoms with van der Waals surface area (Å²) in [6.45, 7) is 0. The maximum absolute atomic E-state index is 13.6. The van der Waals surface area contributed by atoms with Crippen LogP contribution in [0.4, 0.5) is 4.39 Å². The summed E-state index contributed by atoms with van der Waals surface area (Å²) in [5.41, 5.74) is 2.20. The van der Waals surface area contributed by atoms with Gasteiger partial charge in [0.2, 0.25) is 0 Å². The lowest BCUT2D eigenvalue weighted by molar-refractivity contribution is 0.629. The van der Waals surface area contributed by atoms with E-state index in [1.165, 1.54) is 12.1 Å². The van der Waals surface area contributed by atoms with Crippen molar-refractivity contribution in [3.63, 3.8) is 0 Å². The van der Waals surface area contributed by atoms with Crippen molar-refractivity contribution in [2.75, 3.05) is 0 Å². The standard InChI is InChI=1S/C13H7BrClFN2S/c14-7-3-1-2-4-11(7)18-12-6-9(16)8(15)5-10(12)17-13(18)19/h1-6H,(H,17,19). The van der Waals surface area contributed by atoms with Gasteiger partial charge in [0.15, 0.2) is 4.77 Å². The number of benzene rings is 2. The second-order valence-corrected chi connectivity index (χ2v) is 5.65. The van der Waals surface area contributed by atoms with Crippen molar-refractivity contribution in [2.45, 2.75) is 0 Å². The van der Waals surface area contributed by atoms with E-state index in [0.717, 1.165) is 10.2 Å². The molecule has 1 heterocycles. The zero-order valence-corrected chi connectivity index (χ0v) is 12.6. The zero-order valence-electron chi connectivity index (χ0n) is 9.45. The van der Waals surface area contributed by atoms with E-state index in [9.17, 15) is 4.39 Å². The Morgan fingerprint density at radius 1 is 1.26 bits per heavy atom. The fraction of sp³-hybridized carbons (Fsp3) is 0. The van der Waals surface area contributed by atoms with E-state index >= 15 is 0 Å². The normalized spacial score (nSPS) is 11.1. The largest absolute Gasteiger partial charge is 0.330 e. The van der Waals surface area contributed by atoms with Crippen LogP contribution in [0.15, 0.2) is 40.9 Å². The van der Waals surface area contributed by atoms with Crippen LogP contribution in [0.3, 0.4) is 0 Å². The van der Waals surface area contributed by atoms with Crippen LogP contribution in [0, 0.1) is 10.6 Å². The van der Waals surface area contributed by atoms with Crippen LogP contribution >= 0.6 is 39.7 Å². The third-order valence-corrected chi connectivity index (χ3v) is 4.06. The minimum absolute atomic E-state index is 0.0722. The summed E-state index contributed by atoms with van der Waals surface area (Å²) in [5, 5.41) is 0.0722. The van der Waals surface area contributed by atoms with Crippen molar-refractivity contribution in [3.8, 4) is 5.69 Å². The molecular formula is C13H7BrClFN2S. The van der Waals surface area contributed by atoms with Gasteiger partial charge in [0.25, 0.3) is 0 Å². The van der Waals surface area contributed by atoms with Crippen molar-refractivity contribution in [1.29, 1.82) is 0 Å². The molecule has 0 spiro atoms. The number of hydrogen-bond donors (Lipinski definition) is 1. The van der Waals surface area contributed by atoms with Crippen LogP contribution in [0.1, 0.15) is 0 Å². The highest BCUT2D eigenvalue weighted by Crippen LogP contribution is 2.28. The molecule has 1 aromatic heterocycles. The van der Waals surface area contributed by atoms with Gasteiger partial charge in [-0.15, -0.1) is 0 Å². The fourth-order valence-electron chi connectivity index (χ4n) is 1.97.